The highest BCUT2D eigenvalue weighted by molar-refractivity contribution is 6.30. The Labute approximate surface area is 124 Å². The van der Waals surface area contributed by atoms with Crippen LogP contribution in [0.25, 0.3) is 11.3 Å². The first-order valence-electron chi connectivity index (χ1n) is 6.63. The van der Waals surface area contributed by atoms with Crippen molar-refractivity contribution in [1.29, 1.82) is 0 Å². The van der Waals surface area contributed by atoms with Crippen LogP contribution in [0.3, 0.4) is 0 Å². The predicted octanol–water partition coefficient (Wildman–Crippen LogP) is 3.91. The molecule has 1 N–H and O–H groups in total. The van der Waals surface area contributed by atoms with E-state index < -0.39 is 0 Å². The molecule has 0 aliphatic rings. The first-order valence-corrected chi connectivity index (χ1v) is 7.00. The minimum atomic E-state index is 0.421. The Bertz CT molecular complexity index is 584. The molecule has 0 bridgehead atoms. The highest BCUT2D eigenvalue weighted by Crippen LogP contribution is 2.32. The lowest BCUT2D eigenvalue weighted by molar-refractivity contribution is 0.414. The molecule has 0 amide bonds. The van der Waals surface area contributed by atoms with E-state index in [-0.39, 0.29) is 0 Å². The summed E-state index contributed by atoms with van der Waals surface area (Å²) in [6.45, 7) is 5.01. The monoisotopic (exact) mass is 290 g/mol. The summed E-state index contributed by atoms with van der Waals surface area (Å²) in [5.74, 6) is 0.751. The first kappa shape index (κ1) is 14.8. The third-order valence-electron chi connectivity index (χ3n) is 3.02. The van der Waals surface area contributed by atoms with Crippen molar-refractivity contribution in [2.24, 2.45) is 0 Å². The largest absolute Gasteiger partial charge is 0.494 e. The molecule has 0 aliphatic heterocycles. The van der Waals surface area contributed by atoms with Crippen LogP contribution >= 0.6 is 11.6 Å². The standard InChI is InChI=1S/C16H19ClN2O/c1-11(2)19-10-12-6-7-13(17)9-14(12)16-15(20-3)5-4-8-18-16/h4-9,11,19H,10H2,1-3H3. The van der Waals surface area contributed by atoms with Crippen molar-refractivity contribution in [2.45, 2.75) is 26.4 Å². The third kappa shape index (κ3) is 3.50. The normalized spacial score (nSPS) is 10.8. The highest BCUT2D eigenvalue weighted by atomic mass is 35.5. The summed E-state index contributed by atoms with van der Waals surface area (Å²) >= 11 is 6.14. The molecule has 0 saturated carbocycles. The van der Waals surface area contributed by atoms with Gasteiger partial charge in [0.2, 0.25) is 0 Å². The first-order chi connectivity index (χ1) is 9.61. The Kier molecular flexibility index (Phi) is 4.99. The second kappa shape index (κ2) is 6.73. The number of hydrogen-bond donors (Lipinski definition) is 1. The van der Waals surface area contributed by atoms with Crippen molar-refractivity contribution < 1.29 is 4.74 Å². The summed E-state index contributed by atoms with van der Waals surface area (Å²) in [6, 6.07) is 10.1. The van der Waals surface area contributed by atoms with E-state index in [0.29, 0.717) is 11.1 Å². The average molecular weight is 291 g/mol. The summed E-state index contributed by atoms with van der Waals surface area (Å²) in [6.07, 6.45) is 1.76. The molecule has 3 nitrogen and oxygen atoms in total. The van der Waals surface area contributed by atoms with E-state index in [4.69, 9.17) is 16.3 Å². The Morgan fingerprint density at radius 1 is 1.30 bits per heavy atom. The van der Waals surface area contributed by atoms with Crippen molar-refractivity contribution in [1.82, 2.24) is 10.3 Å². The van der Waals surface area contributed by atoms with Gasteiger partial charge >= 0.3 is 0 Å². The Morgan fingerprint density at radius 2 is 2.10 bits per heavy atom. The maximum absolute atomic E-state index is 6.14. The van der Waals surface area contributed by atoms with Gasteiger partial charge in [-0.15, -0.1) is 0 Å². The number of aromatic nitrogens is 1. The SMILES string of the molecule is COc1cccnc1-c1cc(Cl)ccc1CNC(C)C. The van der Waals surface area contributed by atoms with Crippen molar-refractivity contribution in [2.75, 3.05) is 7.11 Å². The van der Waals surface area contributed by atoms with Crippen LogP contribution in [-0.4, -0.2) is 18.1 Å². The lowest BCUT2D eigenvalue weighted by Crippen LogP contribution is -2.22. The topological polar surface area (TPSA) is 34.1 Å². The lowest BCUT2D eigenvalue weighted by Gasteiger charge is -2.14. The van der Waals surface area contributed by atoms with Gasteiger partial charge in [-0.2, -0.15) is 0 Å². The number of rotatable bonds is 5. The van der Waals surface area contributed by atoms with E-state index >= 15 is 0 Å². The Hall–Kier alpha value is -1.58. The van der Waals surface area contributed by atoms with Gasteiger partial charge in [-0.3, -0.25) is 4.98 Å². The van der Waals surface area contributed by atoms with E-state index in [0.717, 1.165) is 29.1 Å². The van der Waals surface area contributed by atoms with Gasteiger partial charge in [0.05, 0.1) is 7.11 Å². The van der Waals surface area contributed by atoms with Crippen LogP contribution in [0.15, 0.2) is 36.5 Å². The summed E-state index contributed by atoms with van der Waals surface area (Å²) in [5.41, 5.74) is 2.97. The van der Waals surface area contributed by atoms with Crippen LogP contribution in [0.4, 0.5) is 0 Å². The van der Waals surface area contributed by atoms with Crippen molar-refractivity contribution in [3.63, 3.8) is 0 Å². The molecule has 1 aromatic carbocycles. The number of nitrogens with one attached hydrogen (secondary N) is 1. The van der Waals surface area contributed by atoms with E-state index in [1.54, 1.807) is 13.3 Å². The molecule has 4 heteroatoms. The zero-order valence-corrected chi connectivity index (χ0v) is 12.7. The van der Waals surface area contributed by atoms with Gasteiger partial charge in [0.1, 0.15) is 11.4 Å². The van der Waals surface area contributed by atoms with Crippen LogP contribution in [0, 0.1) is 0 Å². The quantitative estimate of drug-likeness (QED) is 0.906. The summed E-state index contributed by atoms with van der Waals surface area (Å²) < 4.78 is 5.39. The van der Waals surface area contributed by atoms with E-state index in [1.807, 2.05) is 30.3 Å². The molecule has 0 fully saturated rings. The Morgan fingerprint density at radius 3 is 2.80 bits per heavy atom. The molecule has 1 aromatic heterocycles. The van der Waals surface area contributed by atoms with Gasteiger partial charge < -0.3 is 10.1 Å². The fourth-order valence-corrected chi connectivity index (χ4v) is 2.17. The predicted molar refractivity (Wildman–Crippen MR) is 83.2 cm³/mol. The zero-order valence-electron chi connectivity index (χ0n) is 12.0. The van der Waals surface area contributed by atoms with Crippen LogP contribution in [-0.2, 0) is 6.54 Å². The minimum absolute atomic E-state index is 0.421. The molecule has 20 heavy (non-hydrogen) atoms. The maximum Gasteiger partial charge on any atom is 0.145 e. The maximum atomic E-state index is 6.14. The van der Waals surface area contributed by atoms with Gasteiger partial charge in [-0.1, -0.05) is 31.5 Å². The summed E-state index contributed by atoms with van der Waals surface area (Å²) in [4.78, 5) is 4.44. The average Bonchev–Trinajstić information content (AvgIpc) is 2.45. The number of hydrogen-bond acceptors (Lipinski definition) is 3. The van der Waals surface area contributed by atoms with Crippen molar-refractivity contribution >= 4 is 11.6 Å². The molecule has 0 unspecified atom stereocenters. The summed E-state index contributed by atoms with van der Waals surface area (Å²) in [5, 5.41) is 4.11. The molecule has 2 rings (SSSR count). The molecule has 0 atom stereocenters. The molecular formula is C16H19ClN2O. The molecule has 0 radical (unpaired) electrons. The van der Waals surface area contributed by atoms with E-state index in [9.17, 15) is 0 Å². The van der Waals surface area contributed by atoms with Crippen LogP contribution in [0.5, 0.6) is 5.75 Å². The Balaban J connectivity index is 2.45. The number of methoxy groups -OCH3 is 1. The third-order valence-corrected chi connectivity index (χ3v) is 3.25. The van der Waals surface area contributed by atoms with E-state index in [1.165, 1.54) is 0 Å². The molecule has 0 saturated heterocycles. The van der Waals surface area contributed by atoms with Gasteiger partial charge in [0, 0.05) is 29.4 Å². The number of nitrogens with zero attached hydrogens (tertiary/aromatic N) is 1. The lowest BCUT2D eigenvalue weighted by atomic mass is 10.0. The van der Waals surface area contributed by atoms with Gasteiger partial charge in [0.15, 0.2) is 0 Å². The molecule has 0 aliphatic carbocycles. The summed E-state index contributed by atoms with van der Waals surface area (Å²) in [7, 11) is 1.65. The van der Waals surface area contributed by atoms with Crippen LogP contribution < -0.4 is 10.1 Å². The number of ether oxygens (including phenoxy) is 1. The molecule has 1 heterocycles. The van der Waals surface area contributed by atoms with Crippen molar-refractivity contribution in [3.8, 4) is 17.0 Å². The molecule has 2 aromatic rings. The van der Waals surface area contributed by atoms with Crippen LogP contribution in [0.2, 0.25) is 5.02 Å². The highest BCUT2D eigenvalue weighted by Gasteiger charge is 2.12. The number of benzene rings is 1. The smallest absolute Gasteiger partial charge is 0.145 e. The van der Waals surface area contributed by atoms with Gasteiger partial charge in [-0.05, 0) is 29.8 Å². The second-order valence-corrected chi connectivity index (χ2v) is 5.33. The number of halogens is 1. The van der Waals surface area contributed by atoms with Crippen molar-refractivity contribution in [3.05, 3.63) is 47.1 Å². The van der Waals surface area contributed by atoms with Gasteiger partial charge in [-0.25, -0.2) is 0 Å². The fourth-order valence-electron chi connectivity index (χ4n) is 1.99. The van der Waals surface area contributed by atoms with Gasteiger partial charge in [0.25, 0.3) is 0 Å². The fraction of sp³-hybridized carbons (Fsp3) is 0.312. The number of pyridine rings is 1. The second-order valence-electron chi connectivity index (χ2n) is 4.89. The zero-order chi connectivity index (χ0) is 14.5. The molecular weight excluding hydrogens is 272 g/mol. The van der Waals surface area contributed by atoms with Crippen LogP contribution in [0.1, 0.15) is 19.4 Å². The minimum Gasteiger partial charge on any atom is -0.494 e. The molecule has 106 valence electrons. The molecule has 0 spiro atoms. The van der Waals surface area contributed by atoms with E-state index in [2.05, 4.69) is 24.1 Å².